The van der Waals surface area contributed by atoms with E-state index in [2.05, 4.69) is 84.4 Å². The van der Waals surface area contributed by atoms with Crippen molar-refractivity contribution in [3.8, 4) is 71.2 Å². The third-order valence-corrected chi connectivity index (χ3v) is 17.7. The van der Waals surface area contributed by atoms with Gasteiger partial charge in [-0.25, -0.2) is 0 Å². The minimum Gasteiger partial charge on any atom is -0.428 e. The summed E-state index contributed by atoms with van der Waals surface area (Å²) < 4.78 is 30.8. The topological polar surface area (TPSA) is 66.4 Å². The highest BCUT2D eigenvalue weighted by Gasteiger charge is 2.47. The van der Waals surface area contributed by atoms with Gasteiger partial charge in [-0.1, -0.05) is 5.54 Å². The highest BCUT2D eigenvalue weighted by Crippen LogP contribution is 2.27. The number of ether oxygens (including phenoxy) is 1. The van der Waals surface area contributed by atoms with Crippen molar-refractivity contribution in [3.05, 3.63) is 0 Å². The van der Waals surface area contributed by atoms with Crippen LogP contribution in [-0.2, 0) is 21.5 Å². The summed E-state index contributed by atoms with van der Waals surface area (Å²) in [5.74, 6) is 25.5. The minimum atomic E-state index is -2.99. The van der Waals surface area contributed by atoms with Crippen molar-refractivity contribution < 1.29 is 26.6 Å². The van der Waals surface area contributed by atoms with Crippen molar-refractivity contribution >= 4 is 34.0 Å². The van der Waals surface area contributed by atoms with E-state index < -0.39 is 34.0 Å². The van der Waals surface area contributed by atoms with Crippen LogP contribution >= 0.6 is 0 Å². The lowest BCUT2D eigenvalue weighted by Crippen LogP contribution is -2.58. The third kappa shape index (κ3) is 18.0. The number of rotatable bonds is 13. The number of hydrogen-bond acceptors (Lipinski definition) is 6. The summed E-state index contributed by atoms with van der Waals surface area (Å²) in [6.45, 7) is 15.0. The largest absolute Gasteiger partial charge is 0.428 e. The van der Waals surface area contributed by atoms with E-state index in [9.17, 15) is 0 Å². The molecule has 0 heterocycles. The van der Waals surface area contributed by atoms with E-state index in [1.165, 1.54) is 0 Å². The molecule has 10 heteroatoms. The van der Waals surface area contributed by atoms with Crippen LogP contribution in [0.1, 0.15) is 6.42 Å². The Balaban J connectivity index is 5.83. The van der Waals surface area contributed by atoms with Crippen LogP contribution in [0.4, 0.5) is 0 Å². The summed E-state index contributed by atoms with van der Waals surface area (Å²) in [7, 11) is -8.51. The Bertz CT molecular complexity index is 1040. The van der Waals surface area contributed by atoms with Crippen molar-refractivity contribution in [1.29, 1.82) is 0 Å². The van der Waals surface area contributed by atoms with Crippen LogP contribution in [0.2, 0.25) is 51.9 Å². The SMILES string of the molecule is C#CC#CC#CC#CC#CC#C[Si](C)(O[Si](C)(C)C)O[Si](C)(CCCOCCO)O[Si](C)(C)OC. The number of aliphatic hydroxyl groups excluding tert-OH is 1. The molecule has 0 amide bonds. The predicted molar refractivity (Wildman–Crippen MR) is 149 cm³/mol. The van der Waals surface area contributed by atoms with Crippen molar-refractivity contribution in [3.63, 3.8) is 0 Å². The van der Waals surface area contributed by atoms with Crippen molar-refractivity contribution in [2.24, 2.45) is 0 Å². The van der Waals surface area contributed by atoms with Gasteiger partial charge in [0.05, 0.1) is 13.2 Å². The fraction of sp³-hybridized carbons (Fsp3) is 0.520. The molecule has 0 aliphatic rings. The molecular weight excluding hydrogens is 509 g/mol. The van der Waals surface area contributed by atoms with E-state index >= 15 is 0 Å². The Morgan fingerprint density at radius 1 is 0.714 bits per heavy atom. The van der Waals surface area contributed by atoms with E-state index in [-0.39, 0.29) is 6.61 Å². The first-order chi connectivity index (χ1) is 16.3. The van der Waals surface area contributed by atoms with Gasteiger partial charge in [0.25, 0.3) is 0 Å². The van der Waals surface area contributed by atoms with E-state index in [0.717, 1.165) is 6.42 Å². The van der Waals surface area contributed by atoms with Gasteiger partial charge in [-0.2, -0.15) is 0 Å². The van der Waals surface area contributed by atoms with Crippen LogP contribution in [0.3, 0.4) is 0 Å². The van der Waals surface area contributed by atoms with Crippen LogP contribution < -0.4 is 0 Å². The van der Waals surface area contributed by atoms with Gasteiger partial charge < -0.3 is 26.6 Å². The maximum Gasteiger partial charge on any atom is 0.402 e. The van der Waals surface area contributed by atoms with Gasteiger partial charge in [0.2, 0.25) is 0 Å². The molecule has 0 saturated heterocycles. The molecule has 0 radical (unpaired) electrons. The summed E-state index contributed by atoms with van der Waals surface area (Å²) in [4.78, 5) is 0. The fourth-order valence-corrected chi connectivity index (χ4v) is 18.7. The second-order valence-corrected chi connectivity index (χ2v) is 23.7. The molecule has 0 saturated carbocycles. The molecule has 0 aromatic carbocycles. The summed E-state index contributed by atoms with van der Waals surface area (Å²) in [5.41, 5.74) is 3.16. The van der Waals surface area contributed by atoms with Gasteiger partial charge in [-0.15, -0.1) is 6.42 Å². The fourth-order valence-electron chi connectivity index (χ4n) is 2.81. The summed E-state index contributed by atoms with van der Waals surface area (Å²) in [6, 6.07) is 0.677. The summed E-state index contributed by atoms with van der Waals surface area (Å²) >= 11 is 0. The lowest BCUT2D eigenvalue weighted by molar-refractivity contribution is 0.0917. The van der Waals surface area contributed by atoms with Crippen molar-refractivity contribution in [2.45, 2.75) is 58.3 Å². The monoisotopic (exact) mass is 544 g/mol. The molecular formula is C25H36O6Si4. The lowest BCUT2D eigenvalue weighted by atomic mass is 10.5. The van der Waals surface area contributed by atoms with E-state index in [0.29, 0.717) is 19.3 Å². The third-order valence-electron chi connectivity index (χ3n) is 3.88. The van der Waals surface area contributed by atoms with E-state index in [1.54, 1.807) is 7.11 Å². The first-order valence-corrected chi connectivity index (χ1v) is 22.2. The lowest BCUT2D eigenvalue weighted by Gasteiger charge is -2.40. The molecule has 0 fully saturated rings. The number of aliphatic hydroxyl groups is 1. The molecule has 0 spiro atoms. The van der Waals surface area contributed by atoms with Crippen molar-refractivity contribution in [1.82, 2.24) is 0 Å². The van der Waals surface area contributed by atoms with Gasteiger partial charge in [0.1, 0.15) is 0 Å². The Hall–Kier alpha value is -2.01. The van der Waals surface area contributed by atoms with Crippen LogP contribution in [0.25, 0.3) is 0 Å². The highest BCUT2D eigenvalue weighted by molar-refractivity contribution is 6.92. The Labute approximate surface area is 216 Å². The van der Waals surface area contributed by atoms with E-state index in [4.69, 9.17) is 33.0 Å². The van der Waals surface area contributed by atoms with Gasteiger partial charge in [-0.3, -0.25) is 0 Å². The second kappa shape index (κ2) is 16.6. The molecule has 0 aliphatic heterocycles. The number of hydrogen-bond donors (Lipinski definition) is 1. The molecule has 35 heavy (non-hydrogen) atoms. The Morgan fingerprint density at radius 2 is 1.26 bits per heavy atom. The second-order valence-electron chi connectivity index (χ2n) is 8.94. The molecule has 0 bridgehead atoms. The summed E-state index contributed by atoms with van der Waals surface area (Å²) in [5, 5.41) is 8.93. The standard InChI is InChI=1S/C25H36O6Si4/c1-10-11-12-13-14-15-16-17-18-19-24-34(8,29-32(3,4)5)31-35(9,30-33(6,7)27-2)25-20-22-28-23-21-26/h1,26H,20-23,25H2,2-9H3. The summed E-state index contributed by atoms with van der Waals surface area (Å²) in [6.07, 6.45) is 5.74. The van der Waals surface area contributed by atoms with Crippen LogP contribution in [0.5, 0.6) is 0 Å². The molecule has 2 atom stereocenters. The van der Waals surface area contributed by atoms with Gasteiger partial charge in [-0.05, 0) is 117 Å². The molecule has 0 aliphatic carbocycles. The van der Waals surface area contributed by atoms with Gasteiger partial charge in [0, 0.05) is 13.7 Å². The van der Waals surface area contributed by atoms with Gasteiger partial charge >= 0.3 is 25.7 Å². The van der Waals surface area contributed by atoms with Crippen LogP contribution in [0.15, 0.2) is 0 Å². The van der Waals surface area contributed by atoms with Crippen LogP contribution in [0, 0.1) is 71.2 Å². The Kier molecular flexibility index (Phi) is 15.7. The predicted octanol–water partition coefficient (Wildman–Crippen LogP) is 2.95. The average Bonchev–Trinajstić information content (AvgIpc) is 2.73. The molecule has 0 aromatic rings. The first kappa shape index (κ1) is 33.0. The smallest absolute Gasteiger partial charge is 0.402 e. The van der Waals surface area contributed by atoms with E-state index in [1.807, 2.05) is 26.2 Å². The molecule has 0 aromatic heterocycles. The molecule has 188 valence electrons. The highest BCUT2D eigenvalue weighted by atomic mass is 28.5. The maximum absolute atomic E-state index is 8.93. The maximum atomic E-state index is 8.93. The van der Waals surface area contributed by atoms with Gasteiger partial charge in [0.15, 0.2) is 8.32 Å². The molecule has 2 unspecified atom stereocenters. The molecule has 6 nitrogen and oxygen atoms in total. The minimum absolute atomic E-state index is 0.00616. The normalized spacial score (nSPS) is 13.7. The molecule has 1 N–H and O–H groups in total. The zero-order valence-electron chi connectivity index (χ0n) is 22.1. The zero-order chi connectivity index (χ0) is 26.8. The quantitative estimate of drug-likeness (QED) is 0.219. The van der Waals surface area contributed by atoms with Crippen molar-refractivity contribution in [2.75, 3.05) is 26.9 Å². The average molecular weight is 545 g/mol. The first-order valence-electron chi connectivity index (χ1n) is 11.1. The number of terminal acetylenes is 1. The van der Waals surface area contributed by atoms with Crippen LogP contribution in [-0.4, -0.2) is 66.0 Å². The zero-order valence-corrected chi connectivity index (χ0v) is 26.1. The Morgan fingerprint density at radius 3 is 1.74 bits per heavy atom. The molecule has 0 rings (SSSR count).